The Labute approximate surface area is 255 Å². The number of hydrogen-bond acceptors (Lipinski definition) is 6. The predicted molar refractivity (Wildman–Crippen MR) is 171 cm³/mol. The van der Waals surface area contributed by atoms with Crippen LogP contribution in [-0.4, -0.2) is 39.3 Å². The van der Waals surface area contributed by atoms with Crippen LogP contribution < -0.4 is 11.2 Å². The SMILES string of the molecule is CCCc1nc2c(c(=O)n(CCc3ccccc3)c(=O)n2CC(C)C)n1Cc1ccc(-c2ccccc2-c2nn[nH]n2)cc1. The molecule has 1 N–H and O–H groups in total. The monoisotopic (exact) mass is 588 g/mol. The van der Waals surface area contributed by atoms with Gasteiger partial charge in [0.1, 0.15) is 5.82 Å². The van der Waals surface area contributed by atoms with Gasteiger partial charge in [-0.1, -0.05) is 99.6 Å². The second-order valence-electron chi connectivity index (χ2n) is 11.5. The fourth-order valence-corrected chi connectivity index (χ4v) is 5.71. The zero-order valence-corrected chi connectivity index (χ0v) is 25.3. The minimum absolute atomic E-state index is 0.207. The molecule has 224 valence electrons. The number of tetrazole rings is 1. The van der Waals surface area contributed by atoms with Crippen molar-refractivity contribution in [3.8, 4) is 22.5 Å². The molecule has 0 saturated carbocycles. The molecule has 0 atom stereocenters. The Bertz CT molecular complexity index is 1990. The van der Waals surface area contributed by atoms with Gasteiger partial charge in [0.2, 0.25) is 5.82 Å². The third-order valence-corrected chi connectivity index (χ3v) is 7.80. The van der Waals surface area contributed by atoms with Crippen molar-refractivity contribution in [2.24, 2.45) is 5.92 Å². The molecule has 0 aliphatic heterocycles. The summed E-state index contributed by atoms with van der Waals surface area (Å²) in [5.74, 6) is 1.55. The summed E-state index contributed by atoms with van der Waals surface area (Å²) in [6, 6.07) is 26.2. The van der Waals surface area contributed by atoms with Gasteiger partial charge in [-0.05, 0) is 46.2 Å². The van der Waals surface area contributed by atoms with Crippen LogP contribution in [0.3, 0.4) is 0 Å². The second-order valence-corrected chi connectivity index (χ2v) is 11.5. The lowest BCUT2D eigenvalue weighted by Gasteiger charge is -2.15. The van der Waals surface area contributed by atoms with Crippen molar-refractivity contribution in [1.29, 1.82) is 0 Å². The molecule has 3 aromatic heterocycles. The van der Waals surface area contributed by atoms with Crippen LogP contribution in [0.2, 0.25) is 0 Å². The molecule has 3 aromatic carbocycles. The summed E-state index contributed by atoms with van der Waals surface area (Å²) in [7, 11) is 0. The summed E-state index contributed by atoms with van der Waals surface area (Å²) < 4.78 is 5.10. The molecule has 6 rings (SSSR count). The van der Waals surface area contributed by atoms with Crippen LogP contribution in [0.5, 0.6) is 0 Å². The number of H-pyrrole nitrogens is 1. The van der Waals surface area contributed by atoms with E-state index in [-0.39, 0.29) is 17.2 Å². The van der Waals surface area contributed by atoms with E-state index in [0.29, 0.717) is 49.5 Å². The van der Waals surface area contributed by atoms with Crippen LogP contribution in [0, 0.1) is 5.92 Å². The zero-order chi connectivity index (χ0) is 30.6. The van der Waals surface area contributed by atoms with Gasteiger partial charge in [-0.15, -0.1) is 10.2 Å². The Morgan fingerprint density at radius 2 is 1.52 bits per heavy atom. The summed E-state index contributed by atoms with van der Waals surface area (Å²) in [5, 5.41) is 14.6. The Morgan fingerprint density at radius 3 is 2.20 bits per heavy atom. The maximum absolute atomic E-state index is 14.1. The van der Waals surface area contributed by atoms with Crippen molar-refractivity contribution < 1.29 is 0 Å². The Hall–Kier alpha value is -5.12. The maximum atomic E-state index is 14.1. The highest BCUT2D eigenvalue weighted by Crippen LogP contribution is 2.30. The Balaban J connectivity index is 1.42. The topological polar surface area (TPSA) is 116 Å². The number of aryl methyl sites for hydroxylation is 2. The molecule has 0 saturated heterocycles. The molecule has 3 heterocycles. The largest absolute Gasteiger partial charge is 0.332 e. The molecule has 0 bridgehead atoms. The highest BCUT2D eigenvalue weighted by molar-refractivity contribution is 5.80. The van der Waals surface area contributed by atoms with Crippen LogP contribution in [0.4, 0.5) is 0 Å². The summed E-state index contributed by atoms with van der Waals surface area (Å²) in [4.78, 5) is 32.8. The van der Waals surface area contributed by atoms with Crippen molar-refractivity contribution in [2.75, 3.05) is 0 Å². The number of aromatic nitrogens is 8. The van der Waals surface area contributed by atoms with Crippen molar-refractivity contribution in [2.45, 2.75) is 59.7 Å². The van der Waals surface area contributed by atoms with Crippen LogP contribution in [0.25, 0.3) is 33.7 Å². The van der Waals surface area contributed by atoms with E-state index in [2.05, 4.69) is 65.7 Å². The van der Waals surface area contributed by atoms with Gasteiger partial charge in [0.15, 0.2) is 11.2 Å². The quantitative estimate of drug-likeness (QED) is 0.225. The van der Waals surface area contributed by atoms with Gasteiger partial charge in [-0.2, -0.15) is 5.21 Å². The first-order chi connectivity index (χ1) is 21.4. The van der Waals surface area contributed by atoms with Crippen LogP contribution in [0.1, 0.15) is 44.1 Å². The molecule has 0 amide bonds. The summed E-state index contributed by atoms with van der Waals surface area (Å²) in [6.07, 6.45) is 2.15. The standard InChI is InChI=1S/C34H36N8O2/c1-4-10-29-35-32-30(33(43)40(34(44)42(32)21-23(2)3)20-19-24-11-6-5-7-12-24)41(29)22-25-15-17-26(18-16-25)27-13-8-9-14-28(27)31-36-38-39-37-31/h5-9,11-18,23H,4,10,19-22H2,1-3H3,(H,36,37,38,39). The Kier molecular flexibility index (Phi) is 8.31. The average molecular weight is 589 g/mol. The summed E-state index contributed by atoms with van der Waals surface area (Å²) in [6.45, 7) is 7.49. The first kappa shape index (κ1) is 29.0. The molecule has 6 aromatic rings. The lowest BCUT2D eigenvalue weighted by Crippen LogP contribution is -2.41. The first-order valence-electron chi connectivity index (χ1n) is 15.1. The van der Waals surface area contributed by atoms with E-state index in [1.807, 2.05) is 59.2 Å². The van der Waals surface area contributed by atoms with Gasteiger partial charge in [0, 0.05) is 31.6 Å². The van der Waals surface area contributed by atoms with Gasteiger partial charge in [-0.25, -0.2) is 9.78 Å². The van der Waals surface area contributed by atoms with Crippen molar-refractivity contribution in [1.82, 2.24) is 39.3 Å². The molecule has 0 aliphatic carbocycles. The zero-order valence-electron chi connectivity index (χ0n) is 25.3. The van der Waals surface area contributed by atoms with E-state index < -0.39 is 0 Å². The Morgan fingerprint density at radius 1 is 0.795 bits per heavy atom. The van der Waals surface area contributed by atoms with E-state index in [9.17, 15) is 9.59 Å². The number of imidazole rings is 1. The van der Waals surface area contributed by atoms with E-state index in [1.165, 1.54) is 4.57 Å². The van der Waals surface area contributed by atoms with Gasteiger partial charge < -0.3 is 4.57 Å². The molecule has 0 aliphatic rings. The van der Waals surface area contributed by atoms with E-state index in [1.54, 1.807) is 4.57 Å². The molecule has 0 radical (unpaired) electrons. The van der Waals surface area contributed by atoms with Gasteiger partial charge in [0.25, 0.3) is 5.56 Å². The van der Waals surface area contributed by atoms with Crippen molar-refractivity contribution in [3.05, 3.63) is 117 Å². The van der Waals surface area contributed by atoms with E-state index in [4.69, 9.17) is 4.98 Å². The van der Waals surface area contributed by atoms with Crippen LogP contribution in [0.15, 0.2) is 88.5 Å². The van der Waals surface area contributed by atoms with Crippen LogP contribution >= 0.6 is 0 Å². The van der Waals surface area contributed by atoms with E-state index in [0.717, 1.165) is 40.1 Å². The number of nitrogens with zero attached hydrogens (tertiary/aromatic N) is 7. The van der Waals surface area contributed by atoms with Gasteiger partial charge in [-0.3, -0.25) is 13.9 Å². The predicted octanol–water partition coefficient (Wildman–Crippen LogP) is 5.11. The van der Waals surface area contributed by atoms with E-state index >= 15 is 0 Å². The fourth-order valence-electron chi connectivity index (χ4n) is 5.71. The number of nitrogens with one attached hydrogen (secondary N) is 1. The molecule has 44 heavy (non-hydrogen) atoms. The number of benzene rings is 3. The highest BCUT2D eigenvalue weighted by atomic mass is 16.2. The minimum atomic E-state index is -0.301. The van der Waals surface area contributed by atoms with Crippen molar-refractivity contribution in [3.63, 3.8) is 0 Å². The maximum Gasteiger partial charge on any atom is 0.332 e. The number of aromatic amines is 1. The summed E-state index contributed by atoms with van der Waals surface area (Å²) in [5.41, 5.74) is 5.37. The second kappa shape index (κ2) is 12.6. The number of rotatable bonds is 11. The minimum Gasteiger partial charge on any atom is -0.318 e. The summed E-state index contributed by atoms with van der Waals surface area (Å²) >= 11 is 0. The normalized spacial score (nSPS) is 11.5. The third-order valence-electron chi connectivity index (χ3n) is 7.80. The number of hydrogen-bond donors (Lipinski definition) is 1. The fraction of sp³-hybridized carbons (Fsp3) is 0.294. The molecule has 0 fully saturated rings. The third kappa shape index (κ3) is 5.75. The highest BCUT2D eigenvalue weighted by Gasteiger charge is 2.22. The number of fused-ring (bicyclic) bond motifs is 1. The molecular weight excluding hydrogens is 552 g/mol. The van der Waals surface area contributed by atoms with Gasteiger partial charge in [0.05, 0.1) is 0 Å². The molecule has 0 unspecified atom stereocenters. The lowest BCUT2D eigenvalue weighted by molar-refractivity contribution is 0.486. The van der Waals surface area contributed by atoms with Crippen molar-refractivity contribution >= 4 is 11.2 Å². The van der Waals surface area contributed by atoms with Crippen LogP contribution in [-0.2, 0) is 32.5 Å². The molecule has 10 heteroatoms. The molecule has 0 spiro atoms. The average Bonchev–Trinajstić information content (AvgIpc) is 3.69. The molecular formula is C34H36N8O2. The first-order valence-corrected chi connectivity index (χ1v) is 15.1. The smallest absolute Gasteiger partial charge is 0.318 e. The molecule has 10 nitrogen and oxygen atoms in total. The van der Waals surface area contributed by atoms with Gasteiger partial charge >= 0.3 is 5.69 Å². The lowest BCUT2D eigenvalue weighted by atomic mass is 9.98.